The van der Waals surface area contributed by atoms with Gasteiger partial charge < -0.3 is 9.94 Å². The summed E-state index contributed by atoms with van der Waals surface area (Å²) in [6.07, 6.45) is 4.70. The van der Waals surface area contributed by atoms with Gasteiger partial charge in [-0.3, -0.25) is 9.69 Å². The number of piperidine rings is 1. The number of hydrogen-bond acceptors (Lipinski definition) is 5. The van der Waals surface area contributed by atoms with E-state index in [9.17, 15) is 14.4 Å². The topological polar surface area (TPSA) is 88.8 Å². The Balaban J connectivity index is 1.74. The largest absolute Gasteiger partial charge is 0.478 e. The average Bonchev–Trinajstić information content (AvgIpc) is 2.93. The molecule has 2 atom stereocenters. The molecule has 2 aliphatic rings. The van der Waals surface area contributed by atoms with E-state index in [2.05, 4.69) is 4.90 Å². The van der Waals surface area contributed by atoms with Crippen LogP contribution in [0.3, 0.4) is 0 Å². The van der Waals surface area contributed by atoms with Crippen LogP contribution in [0.5, 0.6) is 0 Å². The summed E-state index contributed by atoms with van der Waals surface area (Å²) in [7, 11) is 1.97. The lowest BCUT2D eigenvalue weighted by atomic mass is 9.75. The van der Waals surface area contributed by atoms with E-state index in [1.54, 1.807) is 6.20 Å². The number of likely N-dealkylation sites (tertiary alicyclic amines) is 1. The zero-order valence-electron chi connectivity index (χ0n) is 14.2. The van der Waals surface area contributed by atoms with Gasteiger partial charge in [-0.05, 0) is 30.7 Å². The molecular formula is C19H18N2O5. The van der Waals surface area contributed by atoms with Gasteiger partial charge in [0.2, 0.25) is 0 Å². The number of nitrogens with zero attached hydrogens (tertiary/aromatic N) is 2. The van der Waals surface area contributed by atoms with Crippen LogP contribution in [0.2, 0.25) is 0 Å². The van der Waals surface area contributed by atoms with Gasteiger partial charge in [-0.2, -0.15) is 4.73 Å². The summed E-state index contributed by atoms with van der Waals surface area (Å²) in [5, 5.41) is 9.64. The number of rotatable bonds is 3. The second kappa shape index (κ2) is 6.10. The molecule has 1 aliphatic heterocycles. The fourth-order valence-corrected chi connectivity index (χ4v) is 4.16. The number of carbonyl (C=O) groups excluding carboxylic acids is 2. The van der Waals surface area contributed by atoms with Gasteiger partial charge in [0.15, 0.2) is 0 Å². The van der Waals surface area contributed by atoms with Crippen molar-refractivity contribution < 1.29 is 24.3 Å². The maximum atomic E-state index is 12.1. The Kier molecular flexibility index (Phi) is 3.88. The minimum Gasteiger partial charge on any atom is -0.478 e. The van der Waals surface area contributed by atoms with E-state index in [-0.39, 0.29) is 17.7 Å². The summed E-state index contributed by atoms with van der Waals surface area (Å²) in [5.41, 5.74) is 2.91. The standard InChI is InChI=1S/C19H18N2O5/c1-20-10-12(22)8-14-13-3-2-4-15-19(13)11(7-16(14)20)9-21(15)26-18(25)6-5-17(23)24/h2-6,9,14,16H,7-8,10H2,1H3,(H,23,24)/b6-5-/t14-,16-/m1/s1. The molecule has 2 aromatic rings. The van der Waals surface area contributed by atoms with Crippen molar-refractivity contribution in [1.82, 2.24) is 9.63 Å². The van der Waals surface area contributed by atoms with Crippen LogP contribution in [0, 0.1) is 0 Å². The fourth-order valence-electron chi connectivity index (χ4n) is 4.16. The van der Waals surface area contributed by atoms with E-state index in [0.29, 0.717) is 13.0 Å². The Morgan fingerprint density at radius 2 is 2.08 bits per heavy atom. The van der Waals surface area contributed by atoms with Crippen LogP contribution in [0.15, 0.2) is 36.5 Å². The maximum Gasteiger partial charge on any atom is 0.356 e. The number of aliphatic carboxylic acids is 1. The van der Waals surface area contributed by atoms with Crippen molar-refractivity contribution >= 4 is 28.6 Å². The van der Waals surface area contributed by atoms with E-state index >= 15 is 0 Å². The van der Waals surface area contributed by atoms with Crippen LogP contribution in [0.4, 0.5) is 0 Å². The number of fused-ring (bicyclic) bond motifs is 2. The number of likely N-dealkylation sites (N-methyl/N-ethyl adjacent to an activating group) is 1. The van der Waals surface area contributed by atoms with Gasteiger partial charge in [0.25, 0.3) is 0 Å². The Morgan fingerprint density at radius 1 is 1.27 bits per heavy atom. The molecule has 0 unspecified atom stereocenters. The van der Waals surface area contributed by atoms with E-state index in [1.165, 1.54) is 4.73 Å². The molecule has 1 fully saturated rings. The van der Waals surface area contributed by atoms with Gasteiger partial charge in [-0.25, -0.2) is 9.59 Å². The van der Waals surface area contributed by atoms with Crippen molar-refractivity contribution in [3.05, 3.63) is 47.7 Å². The second-order valence-electron chi connectivity index (χ2n) is 6.84. The van der Waals surface area contributed by atoms with E-state index < -0.39 is 11.9 Å². The molecule has 1 aliphatic carbocycles. The van der Waals surface area contributed by atoms with Crippen molar-refractivity contribution in [2.24, 2.45) is 0 Å². The number of hydrogen-bond donors (Lipinski definition) is 1. The molecule has 134 valence electrons. The molecule has 0 saturated carbocycles. The monoisotopic (exact) mass is 354 g/mol. The van der Waals surface area contributed by atoms with Crippen molar-refractivity contribution in [1.29, 1.82) is 0 Å². The lowest BCUT2D eigenvalue weighted by Gasteiger charge is -2.41. The maximum absolute atomic E-state index is 12.1. The van der Waals surface area contributed by atoms with Crippen LogP contribution < -0.4 is 4.84 Å². The molecule has 4 rings (SSSR count). The molecule has 7 heteroatoms. The Labute approximate surface area is 149 Å². The summed E-state index contributed by atoms with van der Waals surface area (Å²) in [4.78, 5) is 41.9. The predicted octanol–water partition coefficient (Wildman–Crippen LogP) is 1.15. The fraction of sp³-hybridized carbons (Fsp3) is 0.316. The van der Waals surface area contributed by atoms with Gasteiger partial charge in [0, 0.05) is 42.1 Å². The molecule has 1 aromatic heterocycles. The molecule has 1 aromatic carbocycles. The number of carboxylic acid groups (broad SMARTS) is 1. The molecule has 0 bridgehead atoms. The summed E-state index contributed by atoms with van der Waals surface area (Å²) >= 11 is 0. The van der Waals surface area contributed by atoms with Crippen LogP contribution in [-0.4, -0.2) is 52.1 Å². The smallest absolute Gasteiger partial charge is 0.356 e. The third kappa shape index (κ3) is 2.70. The molecule has 0 spiro atoms. The zero-order valence-corrected chi connectivity index (χ0v) is 14.2. The Morgan fingerprint density at radius 3 is 2.85 bits per heavy atom. The SMILES string of the molecule is CN1CC(=O)C[C@@H]2c3cccc4c3c(cn4OC(=O)/C=C\C(=O)O)C[C@H]21. The number of benzene rings is 1. The highest BCUT2D eigenvalue weighted by Gasteiger charge is 2.39. The lowest BCUT2D eigenvalue weighted by molar-refractivity contribution is -0.138. The average molecular weight is 354 g/mol. The highest BCUT2D eigenvalue weighted by molar-refractivity contribution is 5.93. The molecular weight excluding hydrogens is 336 g/mol. The molecule has 7 nitrogen and oxygen atoms in total. The van der Waals surface area contributed by atoms with Crippen LogP contribution in [-0.2, 0) is 20.8 Å². The first-order chi connectivity index (χ1) is 12.4. The van der Waals surface area contributed by atoms with Gasteiger partial charge in [0.05, 0.1) is 12.1 Å². The number of ketones is 1. The minimum absolute atomic E-state index is 0.135. The Bertz CT molecular complexity index is 958. The third-order valence-electron chi connectivity index (χ3n) is 5.19. The van der Waals surface area contributed by atoms with Crippen molar-refractivity contribution in [3.63, 3.8) is 0 Å². The zero-order chi connectivity index (χ0) is 18.4. The molecule has 0 radical (unpaired) electrons. The molecule has 1 saturated heterocycles. The number of carbonyl (C=O) groups is 3. The van der Waals surface area contributed by atoms with Crippen molar-refractivity contribution in [3.8, 4) is 0 Å². The number of carboxylic acids is 1. The first kappa shape index (κ1) is 16.5. The third-order valence-corrected chi connectivity index (χ3v) is 5.19. The molecule has 0 amide bonds. The van der Waals surface area contributed by atoms with Gasteiger partial charge in [-0.1, -0.05) is 12.1 Å². The van der Waals surface area contributed by atoms with Crippen LogP contribution >= 0.6 is 0 Å². The normalized spacial score (nSPS) is 22.6. The lowest BCUT2D eigenvalue weighted by Crippen LogP contribution is -2.48. The highest BCUT2D eigenvalue weighted by Crippen LogP contribution is 2.42. The second-order valence-corrected chi connectivity index (χ2v) is 6.84. The summed E-state index contributed by atoms with van der Waals surface area (Å²) in [6.45, 7) is 0.460. The Hall–Kier alpha value is -2.93. The van der Waals surface area contributed by atoms with E-state index in [0.717, 1.165) is 40.6 Å². The summed E-state index contributed by atoms with van der Waals surface area (Å²) in [6, 6.07) is 6.01. The highest BCUT2D eigenvalue weighted by atomic mass is 16.7. The van der Waals surface area contributed by atoms with Crippen LogP contribution in [0.1, 0.15) is 23.5 Å². The predicted molar refractivity (Wildman–Crippen MR) is 92.8 cm³/mol. The number of Topliss-reactive ketones (excluding diaryl/α,β-unsaturated/α-hetero) is 1. The van der Waals surface area contributed by atoms with Gasteiger partial charge in [-0.15, -0.1) is 0 Å². The first-order valence-electron chi connectivity index (χ1n) is 8.42. The molecule has 2 heterocycles. The van der Waals surface area contributed by atoms with Crippen molar-refractivity contribution in [2.75, 3.05) is 13.6 Å². The first-order valence-corrected chi connectivity index (χ1v) is 8.42. The van der Waals surface area contributed by atoms with Gasteiger partial charge in [0.1, 0.15) is 5.78 Å². The van der Waals surface area contributed by atoms with Crippen LogP contribution in [0.25, 0.3) is 10.9 Å². The number of aromatic nitrogens is 1. The minimum atomic E-state index is -1.21. The summed E-state index contributed by atoms with van der Waals surface area (Å²) in [5.74, 6) is -1.60. The van der Waals surface area contributed by atoms with E-state index in [4.69, 9.17) is 9.94 Å². The quantitative estimate of drug-likeness (QED) is 0.832. The molecule has 1 N–H and O–H groups in total. The van der Waals surface area contributed by atoms with Crippen molar-refractivity contribution in [2.45, 2.75) is 24.8 Å². The van der Waals surface area contributed by atoms with E-state index in [1.807, 2.05) is 25.2 Å². The summed E-state index contributed by atoms with van der Waals surface area (Å²) < 4.78 is 1.39. The molecule has 26 heavy (non-hydrogen) atoms. The van der Waals surface area contributed by atoms with Gasteiger partial charge >= 0.3 is 11.9 Å².